The summed E-state index contributed by atoms with van der Waals surface area (Å²) in [5.41, 5.74) is 0.418. The minimum Gasteiger partial charge on any atom is -0.449 e. The molecule has 1 N–H and O–H groups in total. The van der Waals surface area contributed by atoms with Crippen molar-refractivity contribution in [2.24, 2.45) is 0 Å². The van der Waals surface area contributed by atoms with Crippen molar-refractivity contribution >= 4 is 30.7 Å². The van der Waals surface area contributed by atoms with Gasteiger partial charge in [0, 0.05) is 6.54 Å². The SMILES string of the molecule is CCCOC(=O)Nc1ncnc2c1ncn2CCOCP(=O)(OOCC(F)(F)F)OOCC(F)(F)F. The maximum Gasteiger partial charge on any atom is 0.414 e. The first-order chi connectivity index (χ1) is 16.8. The van der Waals surface area contributed by atoms with Crippen LogP contribution in [-0.2, 0) is 39.7 Å². The smallest absolute Gasteiger partial charge is 0.414 e. The lowest BCUT2D eigenvalue weighted by molar-refractivity contribution is -0.322. The third-order valence-electron chi connectivity index (χ3n) is 3.56. The lowest BCUT2D eigenvalue weighted by atomic mass is 10.5. The molecule has 0 saturated heterocycles. The summed E-state index contributed by atoms with van der Waals surface area (Å²) in [4.78, 5) is 31.2. The summed E-state index contributed by atoms with van der Waals surface area (Å²) in [6.07, 6.45) is -8.63. The Morgan fingerprint density at radius 3 is 2.25 bits per heavy atom. The van der Waals surface area contributed by atoms with E-state index in [4.69, 9.17) is 9.47 Å². The van der Waals surface area contributed by atoms with Crippen molar-refractivity contribution in [1.29, 1.82) is 0 Å². The minimum absolute atomic E-state index is 0.0416. The van der Waals surface area contributed by atoms with Crippen LogP contribution in [0.15, 0.2) is 12.7 Å². The maximum atomic E-state index is 12.3. The Bertz CT molecular complexity index is 1010. The highest BCUT2D eigenvalue weighted by Crippen LogP contribution is 2.49. The lowest BCUT2D eigenvalue weighted by Crippen LogP contribution is -2.19. The molecule has 13 nitrogen and oxygen atoms in total. The van der Waals surface area contributed by atoms with E-state index in [0.717, 1.165) is 6.33 Å². The molecule has 0 aliphatic rings. The van der Waals surface area contributed by atoms with Crippen LogP contribution in [-0.4, -0.2) is 70.7 Å². The average molecular weight is 555 g/mol. The number of nitrogens with zero attached hydrogens (tertiary/aromatic N) is 4. The zero-order chi connectivity index (χ0) is 26.8. The van der Waals surface area contributed by atoms with Crippen LogP contribution < -0.4 is 5.32 Å². The molecule has 1 amide bonds. The van der Waals surface area contributed by atoms with Crippen molar-refractivity contribution in [1.82, 2.24) is 19.5 Å². The van der Waals surface area contributed by atoms with E-state index < -0.39 is 45.6 Å². The van der Waals surface area contributed by atoms with Crippen LogP contribution in [0, 0.1) is 0 Å². The fourth-order valence-electron chi connectivity index (χ4n) is 2.20. The quantitative estimate of drug-likeness (QED) is 0.119. The summed E-state index contributed by atoms with van der Waals surface area (Å²) in [6.45, 7) is -2.41. The third-order valence-corrected chi connectivity index (χ3v) is 4.73. The van der Waals surface area contributed by atoms with Gasteiger partial charge >= 0.3 is 26.0 Å². The number of carbonyl (C=O) groups excluding carboxylic acids is 1. The van der Waals surface area contributed by atoms with Gasteiger partial charge in [-0.1, -0.05) is 6.92 Å². The number of alkyl halides is 6. The standard InChI is InChI=1S/C16H20F6N5O8P/c1-2-4-31-14(28)26-12-11-13(24-8-23-12)27(9-25-11)3-5-30-10-36(29,34-32-6-15(17,18)19)35-33-7-16(20,21)22/h8-9H,2-7,10H2,1H3,(H,23,24,26,28). The third kappa shape index (κ3) is 10.6. The van der Waals surface area contributed by atoms with Crippen LogP contribution in [0.2, 0.25) is 0 Å². The van der Waals surface area contributed by atoms with Gasteiger partial charge in [-0.15, -0.1) is 9.35 Å². The van der Waals surface area contributed by atoms with Crippen molar-refractivity contribution < 1.29 is 64.3 Å². The molecule has 0 aromatic carbocycles. The number of anilines is 1. The van der Waals surface area contributed by atoms with Gasteiger partial charge in [0.25, 0.3) is 0 Å². The van der Waals surface area contributed by atoms with E-state index in [1.54, 1.807) is 0 Å². The fraction of sp³-hybridized carbons (Fsp3) is 0.625. The van der Waals surface area contributed by atoms with Gasteiger partial charge in [-0.2, -0.15) is 26.3 Å². The first-order valence-electron chi connectivity index (χ1n) is 9.84. The van der Waals surface area contributed by atoms with E-state index in [-0.39, 0.29) is 36.7 Å². The summed E-state index contributed by atoms with van der Waals surface area (Å²) >= 11 is 0. The molecule has 0 unspecified atom stereocenters. The van der Waals surface area contributed by atoms with Gasteiger partial charge < -0.3 is 14.0 Å². The second kappa shape index (κ2) is 13.1. The highest BCUT2D eigenvalue weighted by molar-refractivity contribution is 7.53. The zero-order valence-corrected chi connectivity index (χ0v) is 19.3. The minimum atomic E-state index is -4.89. The molecule has 2 aromatic heterocycles. The summed E-state index contributed by atoms with van der Waals surface area (Å²) in [5.74, 6) is 0.0516. The number of rotatable bonds is 14. The molecule has 0 bridgehead atoms. The number of hydrogen-bond acceptors (Lipinski definition) is 11. The average Bonchev–Trinajstić information content (AvgIpc) is 3.17. The van der Waals surface area contributed by atoms with E-state index >= 15 is 0 Å². The van der Waals surface area contributed by atoms with Crippen LogP contribution in [0.1, 0.15) is 13.3 Å². The van der Waals surface area contributed by atoms with Gasteiger partial charge in [-0.3, -0.25) is 9.88 Å². The van der Waals surface area contributed by atoms with Gasteiger partial charge in [0.2, 0.25) is 0 Å². The van der Waals surface area contributed by atoms with Crippen molar-refractivity contribution in [3.8, 4) is 0 Å². The largest absolute Gasteiger partial charge is 0.449 e. The second-order valence-corrected chi connectivity index (χ2v) is 8.42. The number of ether oxygens (including phenoxy) is 2. The first-order valence-corrected chi connectivity index (χ1v) is 11.6. The van der Waals surface area contributed by atoms with Crippen LogP contribution in [0.4, 0.5) is 37.0 Å². The number of hydrogen-bond donors (Lipinski definition) is 1. The predicted octanol–water partition coefficient (Wildman–Crippen LogP) is 3.97. The number of halogens is 6. The van der Waals surface area contributed by atoms with Gasteiger partial charge in [0.15, 0.2) is 36.5 Å². The van der Waals surface area contributed by atoms with E-state index in [1.165, 1.54) is 10.9 Å². The molecule has 0 aliphatic carbocycles. The maximum absolute atomic E-state index is 12.3. The van der Waals surface area contributed by atoms with Crippen molar-refractivity contribution in [3.05, 3.63) is 12.7 Å². The monoisotopic (exact) mass is 555 g/mol. The first kappa shape index (κ1) is 29.7. The summed E-state index contributed by atoms with van der Waals surface area (Å²) in [6, 6.07) is 0. The Kier molecular flexibility index (Phi) is 10.8. The Morgan fingerprint density at radius 1 is 1.03 bits per heavy atom. The normalized spacial score (nSPS) is 12.8. The molecule has 2 aromatic rings. The topological polar surface area (TPSA) is 145 Å². The molecule has 0 saturated carbocycles. The summed E-state index contributed by atoms with van der Waals surface area (Å²) in [7, 11) is -4.86. The van der Waals surface area contributed by atoms with Gasteiger partial charge in [0.1, 0.15) is 6.33 Å². The van der Waals surface area contributed by atoms with Crippen LogP contribution in [0.5, 0.6) is 0 Å². The van der Waals surface area contributed by atoms with Crippen LogP contribution >= 0.6 is 7.60 Å². The van der Waals surface area contributed by atoms with Gasteiger partial charge in [0.05, 0.1) is 19.5 Å². The number of nitrogens with one attached hydrogen (secondary N) is 1. The molecule has 0 radical (unpaired) electrons. The number of amides is 1. The van der Waals surface area contributed by atoms with Crippen LogP contribution in [0.3, 0.4) is 0 Å². The van der Waals surface area contributed by atoms with E-state index in [1.807, 2.05) is 6.92 Å². The Labute approximate surface area is 198 Å². The number of imidazole rings is 1. The fourth-order valence-corrected chi connectivity index (χ4v) is 3.10. The van der Waals surface area contributed by atoms with Crippen molar-refractivity contribution in [3.63, 3.8) is 0 Å². The van der Waals surface area contributed by atoms with E-state index in [9.17, 15) is 35.7 Å². The van der Waals surface area contributed by atoms with Crippen molar-refractivity contribution in [2.75, 3.05) is 38.1 Å². The number of aromatic nitrogens is 4. The molecule has 2 rings (SSSR count). The Morgan fingerprint density at radius 2 is 1.67 bits per heavy atom. The Balaban J connectivity index is 1.95. The summed E-state index contributed by atoms with van der Waals surface area (Å²) in [5, 5.41) is 2.40. The second-order valence-electron chi connectivity index (χ2n) is 6.65. The highest BCUT2D eigenvalue weighted by atomic mass is 31.2. The molecule has 36 heavy (non-hydrogen) atoms. The number of fused-ring (bicyclic) bond motifs is 1. The van der Waals surface area contributed by atoms with Gasteiger partial charge in [-0.25, -0.2) is 29.5 Å². The molecular formula is C16H20F6N5O8P. The lowest BCUT2D eigenvalue weighted by Gasteiger charge is -2.17. The summed E-state index contributed by atoms with van der Waals surface area (Å²) < 4.78 is 105. The molecule has 204 valence electrons. The Hall–Kier alpha value is -2.57. The molecule has 0 aliphatic heterocycles. The molecular weight excluding hydrogens is 535 g/mol. The molecule has 2 heterocycles. The van der Waals surface area contributed by atoms with Gasteiger partial charge in [-0.05, 0) is 6.42 Å². The highest BCUT2D eigenvalue weighted by Gasteiger charge is 2.36. The van der Waals surface area contributed by atoms with Crippen molar-refractivity contribution in [2.45, 2.75) is 32.2 Å². The van der Waals surface area contributed by atoms with E-state index in [0.29, 0.717) is 6.42 Å². The molecule has 0 atom stereocenters. The predicted molar refractivity (Wildman–Crippen MR) is 105 cm³/mol. The van der Waals surface area contributed by atoms with Crippen LogP contribution in [0.25, 0.3) is 11.2 Å². The molecule has 0 fully saturated rings. The molecule has 20 heteroatoms. The zero-order valence-electron chi connectivity index (χ0n) is 18.4. The molecule has 0 spiro atoms. The van der Waals surface area contributed by atoms with E-state index in [2.05, 4.69) is 39.4 Å². The number of carbonyl (C=O) groups is 1.